The Labute approximate surface area is 102 Å². The smallest absolute Gasteiger partial charge is 0.423 e. The van der Waals surface area contributed by atoms with Gasteiger partial charge in [-0.3, -0.25) is 0 Å². The van der Waals surface area contributed by atoms with Crippen LogP contribution >= 0.6 is 0 Å². The Kier molecular flexibility index (Phi) is 3.62. The molecule has 0 aliphatic heterocycles. The second-order valence-corrected chi connectivity index (χ2v) is 4.17. The molecule has 2 nitrogen and oxygen atoms in total. The molecule has 0 bridgehead atoms. The molecular formula is C14H15BO2. The van der Waals surface area contributed by atoms with Crippen LogP contribution in [0.3, 0.4) is 0 Å². The van der Waals surface area contributed by atoms with Crippen LogP contribution in [0, 0.1) is 0 Å². The van der Waals surface area contributed by atoms with E-state index in [1.54, 1.807) is 12.1 Å². The molecule has 0 heterocycles. The molecule has 2 aromatic rings. The fourth-order valence-electron chi connectivity index (χ4n) is 1.89. The summed E-state index contributed by atoms with van der Waals surface area (Å²) < 4.78 is 0. The van der Waals surface area contributed by atoms with Crippen LogP contribution in [0.1, 0.15) is 24.0 Å². The summed E-state index contributed by atoms with van der Waals surface area (Å²) >= 11 is 0. The average Bonchev–Trinajstić information content (AvgIpc) is 2.39. The average molecular weight is 226 g/mol. The minimum Gasteiger partial charge on any atom is -0.423 e. The molecular weight excluding hydrogens is 211 g/mol. The summed E-state index contributed by atoms with van der Waals surface area (Å²) in [6.07, 6.45) is 0. The van der Waals surface area contributed by atoms with Gasteiger partial charge < -0.3 is 10.0 Å². The fraction of sp³-hybridized carbons (Fsp3) is 0.143. The first kappa shape index (κ1) is 11.9. The van der Waals surface area contributed by atoms with Gasteiger partial charge in [0, 0.05) is 5.92 Å². The number of hydrogen-bond acceptors (Lipinski definition) is 2. The lowest BCUT2D eigenvalue weighted by Gasteiger charge is -2.12. The van der Waals surface area contributed by atoms with Crippen LogP contribution in [0.5, 0.6) is 0 Å². The van der Waals surface area contributed by atoms with Crippen molar-refractivity contribution in [2.45, 2.75) is 12.8 Å². The maximum Gasteiger partial charge on any atom is 0.488 e. The van der Waals surface area contributed by atoms with E-state index in [9.17, 15) is 0 Å². The van der Waals surface area contributed by atoms with Crippen LogP contribution in [0.15, 0.2) is 54.6 Å². The van der Waals surface area contributed by atoms with Gasteiger partial charge in [0.1, 0.15) is 0 Å². The molecule has 0 saturated carbocycles. The molecule has 0 spiro atoms. The number of rotatable bonds is 3. The van der Waals surface area contributed by atoms with Gasteiger partial charge in [-0.05, 0) is 16.6 Å². The Balaban J connectivity index is 2.23. The van der Waals surface area contributed by atoms with E-state index in [0.717, 1.165) is 0 Å². The minimum atomic E-state index is -1.39. The quantitative estimate of drug-likeness (QED) is 0.779. The molecule has 0 aliphatic rings. The Morgan fingerprint density at radius 3 is 1.88 bits per heavy atom. The van der Waals surface area contributed by atoms with Gasteiger partial charge in [0.05, 0.1) is 0 Å². The van der Waals surface area contributed by atoms with Crippen molar-refractivity contribution in [2.75, 3.05) is 0 Å². The molecule has 0 amide bonds. The zero-order chi connectivity index (χ0) is 12.3. The summed E-state index contributed by atoms with van der Waals surface area (Å²) in [5.74, 6) is 0.307. The molecule has 2 N–H and O–H groups in total. The monoisotopic (exact) mass is 226 g/mol. The lowest BCUT2D eigenvalue weighted by Crippen LogP contribution is -2.29. The van der Waals surface area contributed by atoms with Crippen LogP contribution in [0.2, 0.25) is 0 Å². The van der Waals surface area contributed by atoms with E-state index in [1.165, 1.54) is 11.1 Å². The molecule has 0 aliphatic carbocycles. The topological polar surface area (TPSA) is 40.5 Å². The van der Waals surface area contributed by atoms with E-state index in [4.69, 9.17) is 10.0 Å². The van der Waals surface area contributed by atoms with Gasteiger partial charge in [-0.15, -0.1) is 0 Å². The first-order valence-corrected chi connectivity index (χ1v) is 5.69. The van der Waals surface area contributed by atoms with Gasteiger partial charge in [0.2, 0.25) is 0 Å². The maximum atomic E-state index is 9.03. The molecule has 0 fully saturated rings. The summed E-state index contributed by atoms with van der Waals surface area (Å²) in [4.78, 5) is 0. The lowest BCUT2D eigenvalue weighted by molar-refractivity contribution is 0.426. The molecule has 17 heavy (non-hydrogen) atoms. The maximum absolute atomic E-state index is 9.03. The molecule has 3 heteroatoms. The molecule has 86 valence electrons. The van der Waals surface area contributed by atoms with Crippen molar-refractivity contribution in [1.29, 1.82) is 0 Å². The third-order valence-electron chi connectivity index (χ3n) is 3.03. The predicted octanol–water partition coefficient (Wildman–Crippen LogP) is 1.52. The van der Waals surface area contributed by atoms with E-state index >= 15 is 0 Å². The van der Waals surface area contributed by atoms with Crippen LogP contribution in [0.4, 0.5) is 0 Å². The lowest BCUT2D eigenvalue weighted by atomic mass is 9.79. The van der Waals surface area contributed by atoms with E-state index < -0.39 is 7.12 Å². The van der Waals surface area contributed by atoms with Gasteiger partial charge >= 0.3 is 7.12 Å². The molecule has 0 saturated heterocycles. The van der Waals surface area contributed by atoms with Crippen molar-refractivity contribution < 1.29 is 10.0 Å². The van der Waals surface area contributed by atoms with Gasteiger partial charge in [-0.1, -0.05) is 61.5 Å². The second-order valence-electron chi connectivity index (χ2n) is 4.17. The Morgan fingerprint density at radius 2 is 1.35 bits per heavy atom. The molecule has 0 radical (unpaired) electrons. The summed E-state index contributed by atoms with van der Waals surface area (Å²) in [7, 11) is -1.39. The molecule has 2 aromatic carbocycles. The molecule has 1 atom stereocenters. The Hall–Kier alpha value is -1.58. The van der Waals surface area contributed by atoms with Gasteiger partial charge in [-0.2, -0.15) is 0 Å². The van der Waals surface area contributed by atoms with Crippen molar-refractivity contribution in [3.05, 3.63) is 65.7 Å². The number of benzene rings is 2. The summed E-state index contributed by atoms with van der Waals surface area (Å²) in [6, 6.07) is 17.6. The van der Waals surface area contributed by atoms with Crippen molar-refractivity contribution in [1.82, 2.24) is 0 Å². The molecule has 2 rings (SSSR count). The van der Waals surface area contributed by atoms with Crippen LogP contribution in [-0.2, 0) is 0 Å². The summed E-state index contributed by atoms with van der Waals surface area (Å²) in [5, 5.41) is 18.1. The highest BCUT2D eigenvalue weighted by Gasteiger charge is 2.12. The SMILES string of the molecule is CC(c1ccccc1)c1ccc(B(O)O)cc1. The zero-order valence-corrected chi connectivity index (χ0v) is 9.75. The fourth-order valence-corrected chi connectivity index (χ4v) is 1.89. The highest BCUT2D eigenvalue weighted by Crippen LogP contribution is 2.22. The first-order valence-electron chi connectivity index (χ1n) is 5.69. The van der Waals surface area contributed by atoms with Gasteiger partial charge in [0.15, 0.2) is 0 Å². The summed E-state index contributed by atoms with van der Waals surface area (Å²) in [5.41, 5.74) is 2.94. The van der Waals surface area contributed by atoms with E-state index in [2.05, 4.69) is 19.1 Å². The summed E-state index contributed by atoms with van der Waals surface area (Å²) in [6.45, 7) is 2.14. The largest absolute Gasteiger partial charge is 0.488 e. The first-order chi connectivity index (χ1) is 8.18. The van der Waals surface area contributed by atoms with Crippen molar-refractivity contribution in [3.63, 3.8) is 0 Å². The van der Waals surface area contributed by atoms with E-state index in [1.807, 2.05) is 30.3 Å². The Bertz CT molecular complexity index is 465. The van der Waals surface area contributed by atoms with Gasteiger partial charge in [0.25, 0.3) is 0 Å². The van der Waals surface area contributed by atoms with Crippen molar-refractivity contribution in [2.24, 2.45) is 0 Å². The van der Waals surface area contributed by atoms with Gasteiger partial charge in [-0.25, -0.2) is 0 Å². The Morgan fingerprint density at radius 1 is 0.824 bits per heavy atom. The standard InChI is InChI=1S/C14H15BO2/c1-11(12-5-3-2-4-6-12)13-7-9-14(10-8-13)15(16)17/h2-11,16-17H,1H3. The second kappa shape index (κ2) is 5.17. The van der Waals surface area contributed by atoms with Crippen LogP contribution in [0.25, 0.3) is 0 Å². The van der Waals surface area contributed by atoms with E-state index in [0.29, 0.717) is 11.4 Å². The molecule has 0 aromatic heterocycles. The zero-order valence-electron chi connectivity index (χ0n) is 9.75. The van der Waals surface area contributed by atoms with Crippen LogP contribution < -0.4 is 5.46 Å². The molecule has 1 unspecified atom stereocenters. The third kappa shape index (κ3) is 2.76. The van der Waals surface area contributed by atoms with Crippen molar-refractivity contribution >= 4 is 12.6 Å². The third-order valence-corrected chi connectivity index (χ3v) is 3.03. The predicted molar refractivity (Wildman–Crippen MR) is 70.2 cm³/mol. The minimum absolute atomic E-state index is 0.307. The highest BCUT2D eigenvalue weighted by atomic mass is 16.4. The van der Waals surface area contributed by atoms with Crippen molar-refractivity contribution in [3.8, 4) is 0 Å². The van der Waals surface area contributed by atoms with Crippen LogP contribution in [-0.4, -0.2) is 17.2 Å². The normalized spacial score (nSPS) is 12.2. The number of hydrogen-bond donors (Lipinski definition) is 2. The van der Waals surface area contributed by atoms with E-state index in [-0.39, 0.29) is 0 Å². The highest BCUT2D eigenvalue weighted by molar-refractivity contribution is 6.58.